The monoisotopic (exact) mass is 256 g/mol. The van der Waals surface area contributed by atoms with Crippen LogP contribution in [0, 0.1) is 17.6 Å². The Hall–Kier alpha value is -1.36. The molecule has 0 amide bonds. The Kier molecular flexibility index (Phi) is 4.01. The summed E-state index contributed by atoms with van der Waals surface area (Å²) in [6.07, 6.45) is 1.81. The van der Waals surface area contributed by atoms with Gasteiger partial charge < -0.3 is 15.4 Å². The van der Waals surface area contributed by atoms with Crippen molar-refractivity contribution in [3.63, 3.8) is 0 Å². The maximum atomic E-state index is 13.8. The van der Waals surface area contributed by atoms with Gasteiger partial charge in [0.1, 0.15) is 0 Å². The van der Waals surface area contributed by atoms with Crippen molar-refractivity contribution in [2.45, 2.75) is 12.8 Å². The first kappa shape index (κ1) is 13.1. The molecule has 0 saturated carbocycles. The molecule has 0 radical (unpaired) electrons. The van der Waals surface area contributed by atoms with Crippen LogP contribution in [0.2, 0.25) is 0 Å². The number of rotatable bonds is 3. The average molecular weight is 256 g/mol. The molecule has 2 N–H and O–H groups in total. The van der Waals surface area contributed by atoms with E-state index in [-0.39, 0.29) is 5.69 Å². The summed E-state index contributed by atoms with van der Waals surface area (Å²) < 4.78 is 32.1. The number of hydrogen-bond donors (Lipinski definition) is 1. The quantitative estimate of drug-likeness (QED) is 0.844. The van der Waals surface area contributed by atoms with E-state index in [2.05, 4.69) is 0 Å². The van der Waals surface area contributed by atoms with Gasteiger partial charge in [-0.2, -0.15) is 0 Å². The van der Waals surface area contributed by atoms with E-state index in [0.29, 0.717) is 24.7 Å². The molecular weight excluding hydrogens is 238 g/mol. The number of nitrogens with zero attached hydrogens (tertiary/aromatic N) is 1. The summed E-state index contributed by atoms with van der Waals surface area (Å²) in [5.41, 5.74) is 6.23. The Bertz CT molecular complexity index is 418. The van der Waals surface area contributed by atoms with Crippen molar-refractivity contribution in [3.05, 3.63) is 23.8 Å². The number of nitrogens with two attached hydrogens (primary N) is 1. The van der Waals surface area contributed by atoms with Crippen molar-refractivity contribution in [1.82, 2.24) is 0 Å². The number of methoxy groups -OCH3 is 1. The maximum Gasteiger partial charge on any atom is 0.184 e. The molecule has 1 aromatic rings. The third kappa shape index (κ3) is 2.56. The van der Waals surface area contributed by atoms with Crippen LogP contribution in [0.5, 0.6) is 0 Å². The van der Waals surface area contributed by atoms with Gasteiger partial charge in [-0.05, 0) is 30.9 Å². The molecule has 0 aliphatic carbocycles. The summed E-state index contributed by atoms with van der Waals surface area (Å²) in [6.45, 7) is 2.08. The molecule has 1 fully saturated rings. The molecule has 1 saturated heterocycles. The standard InChI is InChI=1S/C13H18F2N2O/c1-18-8-9-4-6-17(7-5-9)13-11(16)3-2-10(14)12(13)15/h2-3,9H,4-8,16H2,1H3. The zero-order valence-electron chi connectivity index (χ0n) is 10.5. The highest BCUT2D eigenvalue weighted by Gasteiger charge is 2.24. The molecule has 1 aliphatic rings. The average Bonchev–Trinajstić information content (AvgIpc) is 2.37. The van der Waals surface area contributed by atoms with Crippen molar-refractivity contribution in [3.8, 4) is 0 Å². The minimum Gasteiger partial charge on any atom is -0.397 e. The smallest absolute Gasteiger partial charge is 0.184 e. The Morgan fingerprint density at radius 2 is 2.00 bits per heavy atom. The number of piperidine rings is 1. The lowest BCUT2D eigenvalue weighted by Crippen LogP contribution is -2.36. The van der Waals surface area contributed by atoms with Gasteiger partial charge in [0.2, 0.25) is 0 Å². The molecule has 2 rings (SSSR count). The minimum absolute atomic E-state index is 0.200. The second-order valence-electron chi connectivity index (χ2n) is 4.68. The molecule has 5 heteroatoms. The zero-order chi connectivity index (χ0) is 13.1. The highest BCUT2D eigenvalue weighted by atomic mass is 19.2. The summed E-state index contributed by atoms with van der Waals surface area (Å²) >= 11 is 0. The lowest BCUT2D eigenvalue weighted by Gasteiger charge is -2.34. The highest BCUT2D eigenvalue weighted by molar-refractivity contribution is 5.68. The van der Waals surface area contributed by atoms with Crippen LogP contribution < -0.4 is 10.6 Å². The van der Waals surface area contributed by atoms with Gasteiger partial charge in [-0.3, -0.25) is 0 Å². The van der Waals surface area contributed by atoms with Crippen LogP contribution in [0.4, 0.5) is 20.2 Å². The Labute approximate surface area is 106 Å². The molecule has 0 bridgehead atoms. The number of benzene rings is 1. The molecule has 100 valence electrons. The van der Waals surface area contributed by atoms with Gasteiger partial charge in [0.25, 0.3) is 0 Å². The fraction of sp³-hybridized carbons (Fsp3) is 0.538. The Morgan fingerprint density at radius 3 is 2.61 bits per heavy atom. The Morgan fingerprint density at radius 1 is 1.33 bits per heavy atom. The summed E-state index contributed by atoms with van der Waals surface area (Å²) in [7, 11) is 1.68. The normalized spacial score (nSPS) is 17.2. The van der Waals surface area contributed by atoms with E-state index in [9.17, 15) is 8.78 Å². The van der Waals surface area contributed by atoms with Crippen LogP contribution in [-0.4, -0.2) is 26.8 Å². The first-order valence-corrected chi connectivity index (χ1v) is 6.11. The van der Waals surface area contributed by atoms with Crippen molar-refractivity contribution >= 4 is 11.4 Å². The largest absolute Gasteiger partial charge is 0.397 e. The van der Waals surface area contributed by atoms with Gasteiger partial charge in [0, 0.05) is 26.8 Å². The fourth-order valence-electron chi connectivity index (χ4n) is 2.44. The molecule has 0 aromatic heterocycles. The summed E-state index contributed by atoms with van der Waals surface area (Å²) in [5, 5.41) is 0. The molecule has 3 nitrogen and oxygen atoms in total. The van der Waals surface area contributed by atoms with E-state index < -0.39 is 11.6 Å². The van der Waals surface area contributed by atoms with E-state index >= 15 is 0 Å². The molecule has 0 atom stereocenters. The Balaban J connectivity index is 2.12. The molecule has 1 aliphatic heterocycles. The molecule has 1 aromatic carbocycles. The van der Waals surface area contributed by atoms with Gasteiger partial charge in [0.05, 0.1) is 11.4 Å². The van der Waals surface area contributed by atoms with Crippen LogP contribution in [-0.2, 0) is 4.74 Å². The molecule has 1 heterocycles. The fourth-order valence-corrected chi connectivity index (χ4v) is 2.44. The van der Waals surface area contributed by atoms with E-state index in [1.165, 1.54) is 6.07 Å². The number of nitrogen functional groups attached to an aromatic ring is 1. The zero-order valence-corrected chi connectivity index (χ0v) is 10.5. The minimum atomic E-state index is -0.849. The number of hydrogen-bond acceptors (Lipinski definition) is 3. The second-order valence-corrected chi connectivity index (χ2v) is 4.68. The third-order valence-electron chi connectivity index (χ3n) is 3.43. The van der Waals surface area contributed by atoms with Crippen molar-refractivity contribution in [2.75, 3.05) is 37.4 Å². The summed E-state index contributed by atoms with van der Waals surface area (Å²) in [6, 6.07) is 2.47. The summed E-state index contributed by atoms with van der Waals surface area (Å²) in [4.78, 5) is 1.82. The van der Waals surface area contributed by atoms with Crippen molar-refractivity contribution in [1.29, 1.82) is 0 Å². The first-order chi connectivity index (χ1) is 8.63. The van der Waals surface area contributed by atoms with E-state index in [0.717, 1.165) is 25.5 Å². The van der Waals surface area contributed by atoms with E-state index in [1.54, 1.807) is 7.11 Å². The number of ether oxygens (including phenoxy) is 1. The SMILES string of the molecule is COCC1CCN(c2c(N)ccc(F)c2F)CC1. The molecule has 0 unspecified atom stereocenters. The van der Waals surface area contributed by atoms with Crippen LogP contribution in [0.1, 0.15) is 12.8 Å². The third-order valence-corrected chi connectivity index (χ3v) is 3.43. The van der Waals surface area contributed by atoms with Gasteiger partial charge >= 0.3 is 0 Å². The number of anilines is 2. The predicted octanol–water partition coefficient (Wildman–Crippen LogP) is 2.41. The predicted molar refractivity (Wildman–Crippen MR) is 67.6 cm³/mol. The maximum absolute atomic E-state index is 13.8. The molecular formula is C13H18F2N2O. The topological polar surface area (TPSA) is 38.5 Å². The second kappa shape index (κ2) is 5.52. The lowest BCUT2D eigenvalue weighted by molar-refractivity contribution is 0.139. The van der Waals surface area contributed by atoms with E-state index in [1.807, 2.05) is 4.90 Å². The first-order valence-electron chi connectivity index (χ1n) is 6.11. The molecule has 18 heavy (non-hydrogen) atoms. The van der Waals surface area contributed by atoms with Crippen molar-refractivity contribution < 1.29 is 13.5 Å². The van der Waals surface area contributed by atoms with Crippen LogP contribution in [0.3, 0.4) is 0 Å². The van der Waals surface area contributed by atoms with Gasteiger partial charge in [-0.1, -0.05) is 0 Å². The van der Waals surface area contributed by atoms with Crippen molar-refractivity contribution in [2.24, 2.45) is 5.92 Å². The lowest BCUT2D eigenvalue weighted by atomic mass is 9.97. The van der Waals surface area contributed by atoms with Gasteiger partial charge in [0.15, 0.2) is 11.6 Å². The summed E-state index contributed by atoms with van der Waals surface area (Å²) in [5.74, 6) is -1.21. The van der Waals surface area contributed by atoms with Crippen LogP contribution in [0.25, 0.3) is 0 Å². The number of halogens is 2. The highest BCUT2D eigenvalue weighted by Crippen LogP contribution is 2.31. The molecule has 0 spiro atoms. The van der Waals surface area contributed by atoms with E-state index in [4.69, 9.17) is 10.5 Å². The van der Waals surface area contributed by atoms with Crippen LogP contribution >= 0.6 is 0 Å². The van der Waals surface area contributed by atoms with Crippen LogP contribution in [0.15, 0.2) is 12.1 Å². The van der Waals surface area contributed by atoms with Gasteiger partial charge in [-0.15, -0.1) is 0 Å². The van der Waals surface area contributed by atoms with Gasteiger partial charge in [-0.25, -0.2) is 8.78 Å².